The van der Waals surface area contributed by atoms with Gasteiger partial charge in [0.1, 0.15) is 11.5 Å². The quantitative estimate of drug-likeness (QED) is 0.720. The SMILES string of the molecule is CN1Cc2ccccc2-n2ccnc2C12CCN(C(=O)c1ccn[nH]1)CC2. The van der Waals surface area contributed by atoms with E-state index in [2.05, 4.69) is 57.2 Å². The first kappa shape index (κ1) is 16.3. The Hall–Kier alpha value is -2.93. The van der Waals surface area contributed by atoms with Crippen molar-refractivity contribution < 1.29 is 4.79 Å². The number of aromatic amines is 1. The summed E-state index contributed by atoms with van der Waals surface area (Å²) in [5, 5.41) is 6.68. The Morgan fingerprint density at radius 2 is 1.96 bits per heavy atom. The molecule has 7 nitrogen and oxygen atoms in total. The van der Waals surface area contributed by atoms with E-state index in [1.807, 2.05) is 11.1 Å². The number of para-hydroxylation sites is 1. The largest absolute Gasteiger partial charge is 0.337 e. The van der Waals surface area contributed by atoms with E-state index in [1.165, 1.54) is 11.3 Å². The van der Waals surface area contributed by atoms with Gasteiger partial charge in [-0.2, -0.15) is 5.10 Å². The van der Waals surface area contributed by atoms with E-state index in [-0.39, 0.29) is 11.4 Å². The number of fused-ring (bicyclic) bond motifs is 4. The molecule has 1 aromatic carbocycles. The molecule has 3 aromatic rings. The molecule has 0 radical (unpaired) electrons. The summed E-state index contributed by atoms with van der Waals surface area (Å²) < 4.78 is 2.23. The molecule has 0 bridgehead atoms. The number of nitrogens with zero attached hydrogens (tertiary/aromatic N) is 5. The smallest absolute Gasteiger partial charge is 0.271 e. The fraction of sp³-hybridized carbons (Fsp3) is 0.350. The average molecular weight is 362 g/mol. The van der Waals surface area contributed by atoms with Gasteiger partial charge in [-0.3, -0.25) is 14.8 Å². The van der Waals surface area contributed by atoms with E-state index in [1.54, 1.807) is 12.3 Å². The van der Waals surface area contributed by atoms with Crippen LogP contribution in [0.1, 0.15) is 34.7 Å². The lowest BCUT2D eigenvalue weighted by Gasteiger charge is -2.45. The average Bonchev–Trinajstić information content (AvgIpc) is 3.39. The van der Waals surface area contributed by atoms with Crippen LogP contribution >= 0.6 is 0 Å². The Labute approximate surface area is 157 Å². The van der Waals surface area contributed by atoms with Gasteiger partial charge in [0.25, 0.3) is 5.91 Å². The molecule has 2 aliphatic rings. The monoisotopic (exact) mass is 362 g/mol. The maximum absolute atomic E-state index is 12.7. The number of hydrogen-bond acceptors (Lipinski definition) is 4. The van der Waals surface area contributed by atoms with Crippen LogP contribution in [0.25, 0.3) is 5.69 Å². The second kappa shape index (κ2) is 6.06. The third kappa shape index (κ3) is 2.42. The fourth-order valence-electron chi connectivity index (χ4n) is 4.53. The van der Waals surface area contributed by atoms with Gasteiger partial charge in [0, 0.05) is 38.2 Å². The van der Waals surface area contributed by atoms with Crippen molar-refractivity contribution in [3.8, 4) is 5.69 Å². The second-order valence-corrected chi connectivity index (χ2v) is 7.40. The van der Waals surface area contributed by atoms with Gasteiger partial charge in [-0.25, -0.2) is 4.98 Å². The second-order valence-electron chi connectivity index (χ2n) is 7.40. The predicted octanol–water partition coefficient (Wildman–Crippen LogP) is 2.17. The molecule has 1 spiro atoms. The minimum Gasteiger partial charge on any atom is -0.337 e. The van der Waals surface area contributed by atoms with Crippen LogP contribution in [0.2, 0.25) is 0 Å². The highest BCUT2D eigenvalue weighted by molar-refractivity contribution is 5.92. The van der Waals surface area contributed by atoms with E-state index < -0.39 is 0 Å². The van der Waals surface area contributed by atoms with Crippen molar-refractivity contribution in [3.05, 3.63) is 66.0 Å². The van der Waals surface area contributed by atoms with Gasteiger partial charge >= 0.3 is 0 Å². The van der Waals surface area contributed by atoms with E-state index in [9.17, 15) is 4.79 Å². The Balaban J connectivity index is 1.48. The summed E-state index contributed by atoms with van der Waals surface area (Å²) in [6.45, 7) is 2.27. The fourth-order valence-corrected chi connectivity index (χ4v) is 4.53. The van der Waals surface area contributed by atoms with Crippen LogP contribution in [-0.4, -0.2) is 55.6 Å². The lowest BCUT2D eigenvalue weighted by molar-refractivity contribution is 0.0227. The number of carbonyl (C=O) groups is 1. The number of imidazole rings is 1. The summed E-state index contributed by atoms with van der Waals surface area (Å²) in [5.74, 6) is 1.09. The Kier molecular flexibility index (Phi) is 3.65. The van der Waals surface area contributed by atoms with Crippen LogP contribution in [0.4, 0.5) is 0 Å². The van der Waals surface area contributed by atoms with Gasteiger partial charge in [0.15, 0.2) is 0 Å². The zero-order chi connectivity index (χ0) is 18.4. The first-order valence-electron chi connectivity index (χ1n) is 9.31. The lowest BCUT2D eigenvalue weighted by Crippen LogP contribution is -2.53. The molecule has 7 heteroatoms. The Bertz CT molecular complexity index is 968. The van der Waals surface area contributed by atoms with Gasteiger partial charge in [0.2, 0.25) is 0 Å². The summed E-state index contributed by atoms with van der Waals surface area (Å²) in [7, 11) is 2.17. The molecule has 0 unspecified atom stereocenters. The molecule has 2 aromatic heterocycles. The van der Waals surface area contributed by atoms with Crippen LogP contribution in [0.3, 0.4) is 0 Å². The zero-order valence-electron chi connectivity index (χ0n) is 15.3. The van der Waals surface area contributed by atoms with Crippen LogP contribution in [0.15, 0.2) is 48.9 Å². The Morgan fingerprint density at radius 1 is 1.15 bits per heavy atom. The molecule has 5 rings (SSSR count). The van der Waals surface area contributed by atoms with E-state index >= 15 is 0 Å². The predicted molar refractivity (Wildman–Crippen MR) is 100 cm³/mol. The summed E-state index contributed by atoms with van der Waals surface area (Å²) >= 11 is 0. The molecule has 1 fully saturated rings. The van der Waals surface area contributed by atoms with Crippen molar-refractivity contribution in [2.45, 2.75) is 24.9 Å². The summed E-state index contributed by atoms with van der Waals surface area (Å²) in [4.78, 5) is 21.8. The highest BCUT2D eigenvalue weighted by Crippen LogP contribution is 2.41. The third-order valence-corrected chi connectivity index (χ3v) is 6.06. The van der Waals surface area contributed by atoms with E-state index in [0.29, 0.717) is 18.8 Å². The van der Waals surface area contributed by atoms with Crippen molar-refractivity contribution in [3.63, 3.8) is 0 Å². The lowest BCUT2D eigenvalue weighted by atomic mass is 9.84. The van der Waals surface area contributed by atoms with Gasteiger partial charge in [0.05, 0.1) is 11.2 Å². The number of piperidine rings is 1. The zero-order valence-corrected chi connectivity index (χ0v) is 15.3. The van der Waals surface area contributed by atoms with Crippen molar-refractivity contribution in [1.82, 2.24) is 29.5 Å². The molecular weight excluding hydrogens is 340 g/mol. The standard InChI is InChI=1S/C20H22N6O/c1-24-14-15-4-2-3-5-17(15)26-13-10-21-19(26)20(24)7-11-25(12-8-20)18(27)16-6-9-22-23-16/h2-6,9-10,13H,7-8,11-12,14H2,1H3,(H,22,23). The van der Waals surface area contributed by atoms with Crippen molar-refractivity contribution in [1.29, 1.82) is 0 Å². The number of rotatable bonds is 1. The highest BCUT2D eigenvalue weighted by Gasteiger charge is 2.45. The number of nitrogens with one attached hydrogen (secondary N) is 1. The van der Waals surface area contributed by atoms with E-state index in [4.69, 9.17) is 4.98 Å². The number of likely N-dealkylation sites (tertiary alicyclic amines) is 1. The molecule has 138 valence electrons. The van der Waals surface area contributed by atoms with E-state index in [0.717, 1.165) is 25.2 Å². The van der Waals surface area contributed by atoms with Crippen molar-refractivity contribution >= 4 is 5.91 Å². The van der Waals surface area contributed by atoms with Crippen LogP contribution in [0.5, 0.6) is 0 Å². The van der Waals surface area contributed by atoms with Crippen molar-refractivity contribution in [2.75, 3.05) is 20.1 Å². The molecule has 0 saturated carbocycles. The molecule has 1 amide bonds. The molecule has 1 N–H and O–H groups in total. The molecule has 4 heterocycles. The van der Waals surface area contributed by atoms with Crippen LogP contribution in [-0.2, 0) is 12.1 Å². The molecule has 27 heavy (non-hydrogen) atoms. The number of hydrogen-bond donors (Lipinski definition) is 1. The molecule has 0 atom stereocenters. The third-order valence-electron chi connectivity index (χ3n) is 6.06. The Morgan fingerprint density at radius 3 is 2.74 bits per heavy atom. The van der Waals surface area contributed by atoms with Crippen molar-refractivity contribution in [2.24, 2.45) is 0 Å². The minimum atomic E-state index is -0.173. The topological polar surface area (TPSA) is 70.1 Å². The highest BCUT2D eigenvalue weighted by atomic mass is 16.2. The summed E-state index contributed by atoms with van der Waals surface area (Å²) in [5.41, 5.74) is 2.87. The molecular formula is C20H22N6O. The summed E-state index contributed by atoms with van der Waals surface area (Å²) in [6, 6.07) is 10.2. The van der Waals surface area contributed by atoms with Gasteiger partial charge < -0.3 is 9.47 Å². The minimum absolute atomic E-state index is 0.0188. The first-order chi connectivity index (χ1) is 13.2. The maximum Gasteiger partial charge on any atom is 0.271 e. The van der Waals surface area contributed by atoms with Gasteiger partial charge in [-0.05, 0) is 37.6 Å². The van der Waals surface area contributed by atoms with Gasteiger partial charge in [-0.1, -0.05) is 18.2 Å². The molecule has 1 saturated heterocycles. The normalized spacial score (nSPS) is 18.8. The number of aromatic nitrogens is 4. The van der Waals surface area contributed by atoms with Crippen LogP contribution in [0, 0.1) is 0 Å². The number of benzene rings is 1. The maximum atomic E-state index is 12.7. The number of carbonyl (C=O) groups excluding carboxylic acids is 1. The number of H-pyrrole nitrogens is 1. The van der Waals surface area contributed by atoms with Crippen LogP contribution < -0.4 is 0 Å². The number of amides is 1. The van der Waals surface area contributed by atoms with Gasteiger partial charge in [-0.15, -0.1) is 0 Å². The molecule has 0 aliphatic carbocycles. The molecule has 2 aliphatic heterocycles. The summed E-state index contributed by atoms with van der Waals surface area (Å²) in [6.07, 6.45) is 7.26. The first-order valence-corrected chi connectivity index (χ1v) is 9.31.